The van der Waals surface area contributed by atoms with Crippen molar-refractivity contribution in [1.29, 1.82) is 36.8 Å². The molecule has 7 aliphatic rings. The molecule has 0 atom stereocenters. The monoisotopic (exact) mass is 1870 g/mol. The first kappa shape index (κ1) is 105. The molecule has 0 radical (unpaired) electrons. The van der Waals surface area contributed by atoms with Crippen molar-refractivity contribution in [3.05, 3.63) is 318 Å². The highest BCUT2D eigenvalue weighted by atomic mass is 19.1. The second-order valence-electron chi connectivity index (χ2n) is 37.3. The normalized spacial score (nSPS) is 15.9. The van der Waals surface area contributed by atoms with Gasteiger partial charge in [0, 0.05) is 108 Å². The predicted octanol–water partition coefficient (Wildman–Crippen LogP) is 19.0. The van der Waals surface area contributed by atoms with Crippen LogP contribution in [0, 0.1) is 144 Å². The molecule has 0 unspecified atom stereocenters. The van der Waals surface area contributed by atoms with Crippen LogP contribution < -0.4 is 57.2 Å². The summed E-state index contributed by atoms with van der Waals surface area (Å²) in [5.41, 5.74) is 39.9. The predicted molar refractivity (Wildman–Crippen MR) is 552 cm³/mol. The number of halogens is 1. The molecule has 24 heteroatoms. The van der Waals surface area contributed by atoms with Gasteiger partial charge in [0.1, 0.15) is 48.3 Å². The number of amides is 1. The van der Waals surface area contributed by atoms with Crippen molar-refractivity contribution in [1.82, 2.24) is 10.6 Å². The zero-order valence-corrected chi connectivity index (χ0v) is 81.6. The zero-order chi connectivity index (χ0) is 99.3. The maximum Gasteiger partial charge on any atom is 0.338 e. The number of anilines is 6. The Morgan fingerprint density at radius 3 is 0.856 bits per heavy atom. The third-order valence-corrected chi connectivity index (χ3v) is 27.8. The molecule has 139 heavy (non-hydrogen) atoms. The van der Waals surface area contributed by atoms with Crippen molar-refractivity contribution in [3.8, 4) is 42.5 Å². The Bertz CT molecular complexity index is 6020. The lowest BCUT2D eigenvalue weighted by molar-refractivity contribution is 0.0598. The van der Waals surface area contributed by atoms with E-state index in [0.29, 0.717) is 52.6 Å². The quantitative estimate of drug-likeness (QED) is 0.0489. The molecule has 0 spiro atoms. The van der Waals surface area contributed by atoms with Gasteiger partial charge in [-0.1, -0.05) is 103 Å². The molecule has 10 aromatic rings. The van der Waals surface area contributed by atoms with Crippen LogP contribution >= 0.6 is 0 Å². The molecule has 0 saturated carbocycles. The molecule has 720 valence electrons. The minimum absolute atomic E-state index is 0.0116. The molecule has 7 heterocycles. The molecule has 23 nitrogen and oxygen atoms in total. The van der Waals surface area contributed by atoms with Crippen LogP contribution in [0.1, 0.15) is 210 Å². The molecule has 7 aliphatic heterocycles. The third-order valence-electron chi connectivity index (χ3n) is 27.8. The molecule has 17 rings (SSSR count). The van der Waals surface area contributed by atoms with E-state index in [-0.39, 0.29) is 23.5 Å². The first-order valence-corrected chi connectivity index (χ1v) is 48.8. The van der Waals surface area contributed by atoms with Gasteiger partial charge in [-0.2, -0.15) is 36.8 Å². The van der Waals surface area contributed by atoms with Gasteiger partial charge in [-0.3, -0.25) is 4.79 Å². The minimum Gasteiger partial charge on any atom is -0.478 e. The number of methoxy groups -OCH3 is 1. The van der Waals surface area contributed by atoms with Gasteiger partial charge in [-0.15, -0.1) is 0 Å². The maximum absolute atomic E-state index is 13.4. The summed E-state index contributed by atoms with van der Waals surface area (Å²) in [7, 11) is 1.43. The number of carbonyl (C=O) groups excluding carboxylic acids is 2. The summed E-state index contributed by atoms with van der Waals surface area (Å²) < 4.78 is 17.3. The van der Waals surface area contributed by atoms with Gasteiger partial charge in [0.25, 0.3) is 5.91 Å². The molecule has 0 aromatic heterocycles. The van der Waals surface area contributed by atoms with E-state index in [1.807, 2.05) is 185 Å². The van der Waals surface area contributed by atoms with Crippen LogP contribution in [0.25, 0.3) is 0 Å². The number of carbonyl (C=O) groups is 3. The Kier molecular flexibility index (Phi) is 40.3. The van der Waals surface area contributed by atoms with Crippen molar-refractivity contribution in [3.63, 3.8) is 0 Å². The van der Waals surface area contributed by atoms with Crippen molar-refractivity contribution >= 4 is 52.0 Å². The van der Waals surface area contributed by atoms with E-state index in [1.54, 1.807) is 18.2 Å². The minimum atomic E-state index is -0.855. The van der Waals surface area contributed by atoms with Crippen LogP contribution in [0.15, 0.2) is 206 Å². The lowest BCUT2D eigenvalue weighted by Gasteiger charge is -2.35. The number of carboxylic acids is 1. The summed E-state index contributed by atoms with van der Waals surface area (Å²) in [5.74, 6) is 0.121. The highest BCUT2D eigenvalue weighted by Crippen LogP contribution is 2.36. The van der Waals surface area contributed by atoms with Crippen LogP contribution in [-0.2, 0) is 24.0 Å². The Balaban J connectivity index is 0.000000165. The van der Waals surface area contributed by atoms with E-state index >= 15 is 0 Å². The number of nitrogens with one attached hydrogen (secondary N) is 2. The fourth-order valence-electron chi connectivity index (χ4n) is 19.5. The smallest absolute Gasteiger partial charge is 0.338 e. The van der Waals surface area contributed by atoms with Gasteiger partial charge in [-0.25, -0.2) is 14.0 Å². The lowest BCUT2D eigenvalue weighted by atomic mass is 9.86. The summed E-state index contributed by atoms with van der Waals surface area (Å²) >= 11 is 0. The highest BCUT2D eigenvalue weighted by molar-refractivity contribution is 5.96. The zero-order valence-electron chi connectivity index (χ0n) is 81.6. The lowest BCUT2D eigenvalue weighted by Crippen LogP contribution is -2.45. The maximum atomic E-state index is 13.4. The second-order valence-corrected chi connectivity index (χ2v) is 37.3. The van der Waals surface area contributed by atoms with Crippen LogP contribution in [0.2, 0.25) is 0 Å². The number of aryl methyl sites for hydroxylation is 6. The molecule has 7 saturated heterocycles. The number of nitriles is 7. The molecule has 1 amide bonds. The Morgan fingerprint density at radius 2 is 0.590 bits per heavy atom. The fourth-order valence-corrected chi connectivity index (χ4v) is 19.5. The van der Waals surface area contributed by atoms with E-state index < -0.39 is 11.8 Å². The number of hydrogen-bond donors (Lipinski definition) is 6. The fraction of sp³-hybridized carbons (Fsp3) is 0.391. The largest absolute Gasteiger partial charge is 0.478 e. The number of para-hydroxylation sites is 6. The van der Waals surface area contributed by atoms with E-state index in [1.165, 1.54) is 47.1 Å². The van der Waals surface area contributed by atoms with Crippen LogP contribution in [0.4, 0.5) is 38.5 Å². The van der Waals surface area contributed by atoms with Crippen LogP contribution in [0.5, 0.6) is 0 Å². The van der Waals surface area contributed by atoms with Crippen molar-refractivity contribution in [2.24, 2.45) is 35.0 Å². The van der Waals surface area contributed by atoms with E-state index in [2.05, 4.69) is 115 Å². The topological polar surface area (TPSA) is 369 Å². The van der Waals surface area contributed by atoms with E-state index in [4.69, 9.17) is 37.7 Å². The standard InChI is InChI=1S/C34H37N5O.C23H26N2O2.C22H24N2O2.2C12H15N3.C7H4FN.C5H12N2/c1-24-19-25(2)31(34(40)37-30-13-17-39(18-14-30)33-10-6-4-8-28(33)23-36)21-29(24)20-26-11-15-38(16-12-26)32-9-5-3-7-27(32)22-35;1-16-12-17(2)21(23(26)27-3)14-20(16)13-18-8-10-25(11-9-18)22-7-5-4-6-19(22)15-24;1-15-11-16(2)20(22(25)26)13-19(15)12-17-7-9-24(10-8-17)21-6-4-3-5-18(21)14-23;2*13-9-10-3-1-2-4-12(10)15-7-5-11(14)6-8-15;8-7-4-2-1-3-6(7)5-9;6-5-1-3-7-4-2-5/h3-10,19,21,26,30H,11-18,20H2,1-2H3,(H,37,40);4-7,12,14,18H,8-11,13H2,1-3H3;3-6,11,13,17H,7-10,12H2,1-2H3,(H,25,26);2*1-4,11H,5-8,14H2;1-4H;5,7H,1-4,6H2. The SMILES string of the molecule is COC(=O)c1cc(CC2CCN(c3ccccc3C#N)CC2)c(C)cc1C.Cc1cc(C)c(C(=O)NC2CCN(c3ccccc3C#N)CC2)cc1CC1CCN(c2ccccc2C#N)CC1.Cc1cc(C)c(C(=O)O)cc1CC1CCN(c2ccccc2C#N)CC1.N#Cc1ccccc1F.N#Cc1ccccc1N1CCC(N)CC1.N#Cc1ccccc1N1CCC(N)CC1.NC1CCNCC1. The summed E-state index contributed by atoms with van der Waals surface area (Å²) in [5, 5.41) is 79.7. The Hall–Kier alpha value is -14.4. The number of esters is 1. The first-order chi connectivity index (χ1) is 67.3. The van der Waals surface area contributed by atoms with Crippen molar-refractivity contribution in [2.75, 3.05) is 128 Å². The van der Waals surface area contributed by atoms with Gasteiger partial charge in [0.05, 0.1) is 91.3 Å². The van der Waals surface area contributed by atoms with Gasteiger partial charge < -0.3 is 67.1 Å². The number of aromatic carboxylic acids is 1. The Morgan fingerprint density at radius 1 is 0.345 bits per heavy atom. The average molecular weight is 1870 g/mol. The van der Waals surface area contributed by atoms with Crippen molar-refractivity contribution in [2.45, 2.75) is 175 Å². The number of nitrogens with two attached hydrogens (primary N) is 3. The molecule has 9 N–H and O–H groups in total. The summed E-state index contributed by atoms with van der Waals surface area (Å²) in [6.45, 7) is 25.5. The number of rotatable bonds is 16. The highest BCUT2D eigenvalue weighted by Gasteiger charge is 2.30. The molecule has 0 bridgehead atoms. The van der Waals surface area contributed by atoms with Gasteiger partial charge in [0.2, 0.25) is 0 Å². The molecule has 7 fully saturated rings. The summed E-state index contributed by atoms with van der Waals surface area (Å²) in [4.78, 5) is 50.5. The number of ether oxygens (including phenoxy) is 1. The van der Waals surface area contributed by atoms with Gasteiger partial charge in [0.15, 0.2) is 0 Å². The first-order valence-electron chi connectivity index (χ1n) is 48.8. The average Bonchev–Trinajstić information content (AvgIpc) is 0.818. The molecule has 0 aliphatic carbocycles. The number of benzene rings is 10. The molecular formula is C115H133FN18O5. The van der Waals surface area contributed by atoms with E-state index in [0.717, 1.165) is 291 Å². The van der Waals surface area contributed by atoms with Gasteiger partial charge in [-0.05, 0) is 335 Å². The number of nitrogens with zero attached hydrogens (tertiary/aromatic N) is 13. The molecular weight excluding hydrogens is 1730 g/mol. The number of carboxylic acid groups (broad SMARTS) is 1. The molecule has 10 aromatic carbocycles. The van der Waals surface area contributed by atoms with E-state index in [9.17, 15) is 44.9 Å². The van der Waals surface area contributed by atoms with Crippen LogP contribution in [0.3, 0.4) is 0 Å². The van der Waals surface area contributed by atoms with Crippen molar-refractivity contribution < 1.29 is 28.6 Å². The Labute approximate surface area is 821 Å². The second kappa shape index (κ2) is 53.4. The number of hydrogen-bond acceptors (Lipinski definition) is 21. The third kappa shape index (κ3) is 30.1. The van der Waals surface area contributed by atoms with Gasteiger partial charge >= 0.3 is 11.9 Å². The summed E-state index contributed by atoms with van der Waals surface area (Å²) in [6.07, 6.45) is 17.4. The summed E-state index contributed by atoms with van der Waals surface area (Å²) in [6, 6.07) is 81.4. The van der Waals surface area contributed by atoms with Crippen LogP contribution in [-0.4, -0.2) is 146 Å². The number of piperidine rings is 7.